The lowest BCUT2D eigenvalue weighted by Gasteiger charge is -2.23. The van der Waals surface area contributed by atoms with Crippen LogP contribution in [-0.4, -0.2) is 17.3 Å². The molecule has 0 saturated heterocycles. The average Bonchev–Trinajstić information content (AvgIpc) is 2.15. The van der Waals surface area contributed by atoms with Gasteiger partial charge in [0, 0.05) is 10.3 Å². The van der Waals surface area contributed by atoms with Gasteiger partial charge in [0.1, 0.15) is 0 Å². The zero-order chi connectivity index (χ0) is 12.3. The smallest absolute Gasteiger partial charge is 0.304 e. The van der Waals surface area contributed by atoms with E-state index in [0.717, 1.165) is 10.5 Å². The van der Waals surface area contributed by atoms with Crippen molar-refractivity contribution in [1.29, 1.82) is 0 Å². The van der Waals surface area contributed by atoms with Crippen LogP contribution >= 0.6 is 23.4 Å². The monoisotopic (exact) mass is 258 g/mol. The second-order valence-corrected chi connectivity index (χ2v) is 5.56. The number of rotatable bonds is 4. The van der Waals surface area contributed by atoms with Gasteiger partial charge in [-0.1, -0.05) is 31.5 Å². The molecule has 2 nitrogen and oxygen atoms in total. The van der Waals surface area contributed by atoms with Crippen molar-refractivity contribution in [3.63, 3.8) is 0 Å². The minimum Gasteiger partial charge on any atom is -0.481 e. The number of halogens is 1. The summed E-state index contributed by atoms with van der Waals surface area (Å²) in [6, 6.07) is 5.74. The summed E-state index contributed by atoms with van der Waals surface area (Å²) in [6.45, 7) is 3.82. The average molecular weight is 259 g/mol. The third kappa shape index (κ3) is 3.16. The van der Waals surface area contributed by atoms with Crippen LogP contribution in [0.1, 0.15) is 25.8 Å². The molecule has 0 aliphatic carbocycles. The van der Waals surface area contributed by atoms with Crippen molar-refractivity contribution < 1.29 is 9.90 Å². The zero-order valence-corrected chi connectivity index (χ0v) is 11.2. The predicted octanol–water partition coefficient (Wildman–Crippen LogP) is 3.81. The van der Waals surface area contributed by atoms with Gasteiger partial charge >= 0.3 is 5.97 Å². The van der Waals surface area contributed by atoms with Gasteiger partial charge in [0.05, 0.1) is 11.4 Å². The number of carbonyl (C=O) groups is 1. The number of benzene rings is 1. The first-order chi connectivity index (χ1) is 7.36. The van der Waals surface area contributed by atoms with Crippen molar-refractivity contribution in [1.82, 2.24) is 0 Å². The first kappa shape index (κ1) is 13.4. The minimum absolute atomic E-state index is 0.0992. The Kier molecular flexibility index (Phi) is 4.28. The van der Waals surface area contributed by atoms with Crippen molar-refractivity contribution in [3.8, 4) is 0 Å². The molecule has 1 aromatic rings. The first-order valence-electron chi connectivity index (χ1n) is 4.92. The predicted molar refractivity (Wildman–Crippen MR) is 68.5 cm³/mol. The van der Waals surface area contributed by atoms with E-state index in [1.165, 1.54) is 0 Å². The summed E-state index contributed by atoms with van der Waals surface area (Å²) in [6.07, 6.45) is 2.06. The van der Waals surface area contributed by atoms with Gasteiger partial charge in [-0.3, -0.25) is 4.79 Å². The number of hydrogen-bond donors (Lipinski definition) is 1. The Morgan fingerprint density at radius 1 is 1.50 bits per heavy atom. The van der Waals surface area contributed by atoms with Crippen molar-refractivity contribution in [2.24, 2.45) is 0 Å². The molecule has 0 saturated carbocycles. The molecule has 0 amide bonds. The van der Waals surface area contributed by atoms with Crippen molar-refractivity contribution in [2.75, 3.05) is 6.26 Å². The Bertz CT molecular complexity index is 402. The molecule has 0 aromatic heterocycles. The van der Waals surface area contributed by atoms with Crippen LogP contribution in [-0.2, 0) is 10.2 Å². The molecule has 1 aromatic carbocycles. The van der Waals surface area contributed by atoms with Crippen LogP contribution in [0.4, 0.5) is 0 Å². The summed E-state index contributed by atoms with van der Waals surface area (Å²) in [5, 5.41) is 9.53. The van der Waals surface area contributed by atoms with Crippen LogP contribution in [0.15, 0.2) is 23.1 Å². The van der Waals surface area contributed by atoms with Crippen LogP contribution in [0.2, 0.25) is 5.02 Å². The van der Waals surface area contributed by atoms with Crippen molar-refractivity contribution >= 4 is 29.3 Å². The molecule has 16 heavy (non-hydrogen) atoms. The summed E-state index contributed by atoms with van der Waals surface area (Å²) < 4.78 is 0. The molecule has 0 spiro atoms. The van der Waals surface area contributed by atoms with Crippen LogP contribution < -0.4 is 0 Å². The maximum absolute atomic E-state index is 10.8. The van der Waals surface area contributed by atoms with Gasteiger partial charge in [0.25, 0.3) is 0 Å². The largest absolute Gasteiger partial charge is 0.481 e. The lowest BCUT2D eigenvalue weighted by atomic mass is 9.82. The summed E-state index contributed by atoms with van der Waals surface area (Å²) in [5.41, 5.74) is 0.560. The van der Waals surface area contributed by atoms with E-state index in [2.05, 4.69) is 0 Å². The summed E-state index contributed by atoms with van der Waals surface area (Å²) in [4.78, 5) is 11.8. The second kappa shape index (κ2) is 5.11. The molecule has 0 heterocycles. The molecule has 88 valence electrons. The SMILES string of the molecule is CSc1ccc(C(C)(C)CC(=O)O)cc1Cl. The fourth-order valence-corrected chi connectivity index (χ4v) is 2.44. The maximum Gasteiger partial charge on any atom is 0.304 e. The number of hydrogen-bond acceptors (Lipinski definition) is 2. The topological polar surface area (TPSA) is 37.3 Å². The van der Waals surface area contributed by atoms with Gasteiger partial charge < -0.3 is 5.11 Å². The molecule has 0 bridgehead atoms. The van der Waals surface area contributed by atoms with Crippen molar-refractivity contribution in [2.45, 2.75) is 30.6 Å². The lowest BCUT2D eigenvalue weighted by Crippen LogP contribution is -2.21. The Morgan fingerprint density at radius 2 is 2.12 bits per heavy atom. The maximum atomic E-state index is 10.8. The number of thioether (sulfide) groups is 1. The van der Waals surface area contributed by atoms with E-state index in [4.69, 9.17) is 16.7 Å². The van der Waals surface area contributed by atoms with E-state index in [1.54, 1.807) is 11.8 Å². The highest BCUT2D eigenvalue weighted by Gasteiger charge is 2.24. The molecule has 4 heteroatoms. The lowest BCUT2D eigenvalue weighted by molar-refractivity contribution is -0.138. The summed E-state index contributed by atoms with van der Waals surface area (Å²) in [7, 11) is 0. The van der Waals surface area contributed by atoms with Crippen LogP contribution in [0.5, 0.6) is 0 Å². The Hall–Kier alpha value is -0.670. The molecule has 0 aliphatic rings. The third-order valence-electron chi connectivity index (χ3n) is 2.53. The highest BCUT2D eigenvalue weighted by molar-refractivity contribution is 7.98. The quantitative estimate of drug-likeness (QED) is 0.835. The summed E-state index contributed by atoms with van der Waals surface area (Å²) >= 11 is 7.68. The second-order valence-electron chi connectivity index (χ2n) is 4.30. The van der Waals surface area contributed by atoms with Gasteiger partial charge in [0.2, 0.25) is 0 Å². The van der Waals surface area contributed by atoms with E-state index in [1.807, 2.05) is 38.3 Å². The highest BCUT2D eigenvalue weighted by atomic mass is 35.5. The van der Waals surface area contributed by atoms with Crippen LogP contribution in [0.3, 0.4) is 0 Å². The normalized spacial score (nSPS) is 11.5. The third-order valence-corrected chi connectivity index (χ3v) is 3.75. The number of carboxylic acids is 1. The van der Waals surface area contributed by atoms with E-state index < -0.39 is 11.4 Å². The van der Waals surface area contributed by atoms with Gasteiger partial charge in [-0.2, -0.15) is 0 Å². The Labute approximate surface area is 105 Å². The van der Waals surface area contributed by atoms with E-state index in [9.17, 15) is 4.79 Å². The zero-order valence-electron chi connectivity index (χ0n) is 9.58. The summed E-state index contributed by atoms with van der Waals surface area (Å²) in [5.74, 6) is -0.796. The Balaban J connectivity index is 3.04. The fourth-order valence-electron chi connectivity index (χ4n) is 1.57. The molecule has 0 atom stereocenters. The Morgan fingerprint density at radius 3 is 2.56 bits per heavy atom. The van der Waals surface area contributed by atoms with Crippen molar-refractivity contribution in [3.05, 3.63) is 28.8 Å². The molecular formula is C12H15ClO2S. The molecule has 1 rings (SSSR count). The number of carboxylic acid groups (broad SMARTS) is 1. The molecule has 0 unspecified atom stereocenters. The van der Waals surface area contributed by atoms with E-state index in [0.29, 0.717) is 5.02 Å². The van der Waals surface area contributed by atoms with E-state index >= 15 is 0 Å². The molecular weight excluding hydrogens is 244 g/mol. The van der Waals surface area contributed by atoms with Gasteiger partial charge in [-0.15, -0.1) is 11.8 Å². The molecule has 1 N–H and O–H groups in total. The molecule has 0 fully saturated rings. The van der Waals surface area contributed by atoms with Crippen LogP contribution in [0, 0.1) is 0 Å². The highest BCUT2D eigenvalue weighted by Crippen LogP contribution is 2.33. The standard InChI is InChI=1S/C12H15ClO2S/c1-12(2,7-11(14)15)8-4-5-10(16-3)9(13)6-8/h4-6H,7H2,1-3H3,(H,14,15). The molecule has 0 radical (unpaired) electrons. The van der Waals surface area contributed by atoms with Crippen LogP contribution in [0.25, 0.3) is 0 Å². The number of aliphatic carboxylic acids is 1. The fraction of sp³-hybridized carbons (Fsp3) is 0.417. The first-order valence-corrected chi connectivity index (χ1v) is 6.53. The molecule has 0 aliphatic heterocycles. The van der Waals surface area contributed by atoms with Gasteiger partial charge in [-0.25, -0.2) is 0 Å². The van der Waals surface area contributed by atoms with E-state index in [-0.39, 0.29) is 6.42 Å². The van der Waals surface area contributed by atoms with Gasteiger partial charge in [0.15, 0.2) is 0 Å². The van der Waals surface area contributed by atoms with Gasteiger partial charge in [-0.05, 0) is 24.0 Å². The minimum atomic E-state index is -0.796.